The van der Waals surface area contributed by atoms with E-state index in [1.165, 1.54) is 5.56 Å². The number of hydrogen-bond donors (Lipinski definition) is 2. The van der Waals surface area contributed by atoms with Gasteiger partial charge in [0.05, 0.1) is 13.2 Å². The standard InChI is InChI=1S/C15H25BrN2O2/c1-3-6-17-12-13-11-14(16)4-5-15(13)18(7-9-19)8-10-20-2/h4-5,11,17,19H,3,6-10,12H2,1-2H3. The molecule has 114 valence electrons. The Hall–Kier alpha value is -0.620. The average Bonchev–Trinajstić information content (AvgIpc) is 2.44. The number of aliphatic hydroxyl groups is 1. The third-order valence-corrected chi connectivity index (χ3v) is 3.55. The van der Waals surface area contributed by atoms with Crippen LogP contribution in [-0.4, -0.2) is 45.1 Å². The van der Waals surface area contributed by atoms with Crippen LogP contribution in [0.25, 0.3) is 0 Å². The van der Waals surface area contributed by atoms with Crippen molar-refractivity contribution in [1.29, 1.82) is 0 Å². The smallest absolute Gasteiger partial charge is 0.0637 e. The minimum atomic E-state index is 0.140. The lowest BCUT2D eigenvalue weighted by molar-refractivity contribution is 0.203. The molecule has 0 aliphatic heterocycles. The molecule has 4 nitrogen and oxygen atoms in total. The lowest BCUT2D eigenvalue weighted by Crippen LogP contribution is -2.31. The van der Waals surface area contributed by atoms with Gasteiger partial charge in [0, 0.05) is 36.9 Å². The van der Waals surface area contributed by atoms with Crippen molar-refractivity contribution in [1.82, 2.24) is 5.32 Å². The molecule has 1 rings (SSSR count). The van der Waals surface area contributed by atoms with Crippen LogP contribution in [-0.2, 0) is 11.3 Å². The van der Waals surface area contributed by atoms with Gasteiger partial charge in [-0.3, -0.25) is 0 Å². The molecular weight excluding hydrogens is 320 g/mol. The number of rotatable bonds is 10. The minimum Gasteiger partial charge on any atom is -0.395 e. The molecule has 1 aromatic rings. The lowest BCUT2D eigenvalue weighted by atomic mass is 10.1. The third kappa shape index (κ3) is 5.79. The Kier molecular flexibility index (Phi) is 8.85. The van der Waals surface area contributed by atoms with E-state index in [1.54, 1.807) is 7.11 Å². The predicted molar refractivity (Wildman–Crippen MR) is 87.3 cm³/mol. The first-order chi connectivity index (χ1) is 9.72. The molecule has 2 N–H and O–H groups in total. The van der Waals surface area contributed by atoms with Gasteiger partial charge in [-0.05, 0) is 36.7 Å². The first kappa shape index (κ1) is 17.4. The first-order valence-corrected chi connectivity index (χ1v) is 7.86. The fourth-order valence-electron chi connectivity index (χ4n) is 2.08. The minimum absolute atomic E-state index is 0.140. The van der Waals surface area contributed by atoms with E-state index in [9.17, 15) is 5.11 Å². The zero-order valence-electron chi connectivity index (χ0n) is 12.4. The maximum absolute atomic E-state index is 9.25. The van der Waals surface area contributed by atoms with Gasteiger partial charge in [0.1, 0.15) is 0 Å². The Balaban J connectivity index is 2.87. The number of nitrogens with one attached hydrogen (secondary N) is 1. The molecule has 0 heterocycles. The molecule has 0 radical (unpaired) electrons. The molecule has 20 heavy (non-hydrogen) atoms. The van der Waals surface area contributed by atoms with Gasteiger partial charge in [0.25, 0.3) is 0 Å². The van der Waals surface area contributed by atoms with Crippen molar-refractivity contribution in [3.63, 3.8) is 0 Å². The summed E-state index contributed by atoms with van der Waals surface area (Å²) in [5, 5.41) is 12.7. The highest BCUT2D eigenvalue weighted by molar-refractivity contribution is 9.10. The van der Waals surface area contributed by atoms with Crippen LogP contribution in [0.1, 0.15) is 18.9 Å². The summed E-state index contributed by atoms with van der Waals surface area (Å²) in [6, 6.07) is 6.27. The van der Waals surface area contributed by atoms with Gasteiger partial charge < -0.3 is 20.1 Å². The zero-order chi connectivity index (χ0) is 14.8. The number of hydrogen-bond acceptors (Lipinski definition) is 4. The van der Waals surface area contributed by atoms with Gasteiger partial charge in [-0.15, -0.1) is 0 Å². The van der Waals surface area contributed by atoms with Gasteiger partial charge >= 0.3 is 0 Å². The first-order valence-electron chi connectivity index (χ1n) is 7.06. The Morgan fingerprint density at radius 1 is 1.35 bits per heavy atom. The van der Waals surface area contributed by atoms with Gasteiger partial charge in [-0.25, -0.2) is 0 Å². The molecule has 0 aromatic heterocycles. The quantitative estimate of drug-likeness (QED) is 0.639. The predicted octanol–water partition coefficient (Wildman–Crippen LogP) is 2.39. The Morgan fingerprint density at radius 2 is 2.15 bits per heavy atom. The molecule has 0 fully saturated rings. The van der Waals surface area contributed by atoms with E-state index in [4.69, 9.17) is 4.74 Å². The summed E-state index contributed by atoms with van der Waals surface area (Å²) in [5.74, 6) is 0. The number of anilines is 1. The van der Waals surface area contributed by atoms with Gasteiger partial charge in [-0.2, -0.15) is 0 Å². The third-order valence-electron chi connectivity index (χ3n) is 3.06. The molecule has 0 saturated heterocycles. The molecule has 0 unspecified atom stereocenters. The molecule has 5 heteroatoms. The highest BCUT2D eigenvalue weighted by atomic mass is 79.9. The normalized spacial score (nSPS) is 10.8. The summed E-state index contributed by atoms with van der Waals surface area (Å²) >= 11 is 3.53. The topological polar surface area (TPSA) is 44.7 Å². The van der Waals surface area contributed by atoms with E-state index >= 15 is 0 Å². The van der Waals surface area contributed by atoms with Crippen molar-refractivity contribution in [3.8, 4) is 0 Å². The second-order valence-corrected chi connectivity index (χ2v) is 5.57. The van der Waals surface area contributed by atoms with E-state index in [0.29, 0.717) is 13.2 Å². The monoisotopic (exact) mass is 344 g/mol. The molecule has 0 aliphatic carbocycles. The SMILES string of the molecule is CCCNCc1cc(Br)ccc1N(CCO)CCOC. The number of methoxy groups -OCH3 is 1. The van der Waals surface area contributed by atoms with E-state index in [1.807, 2.05) is 6.07 Å². The van der Waals surface area contributed by atoms with E-state index in [0.717, 1.165) is 36.2 Å². The van der Waals surface area contributed by atoms with Gasteiger partial charge in [0.2, 0.25) is 0 Å². The molecule has 0 atom stereocenters. The number of benzene rings is 1. The summed E-state index contributed by atoms with van der Waals surface area (Å²) in [6.45, 7) is 6.18. The molecule has 1 aromatic carbocycles. The van der Waals surface area contributed by atoms with Crippen LogP contribution in [0.3, 0.4) is 0 Å². The maximum atomic E-state index is 9.25. The summed E-state index contributed by atoms with van der Waals surface area (Å²) < 4.78 is 6.23. The van der Waals surface area contributed by atoms with E-state index < -0.39 is 0 Å². The van der Waals surface area contributed by atoms with Gasteiger partial charge in [-0.1, -0.05) is 22.9 Å². The molecule has 0 spiro atoms. The van der Waals surface area contributed by atoms with E-state index in [-0.39, 0.29) is 6.61 Å². The van der Waals surface area contributed by atoms with Crippen LogP contribution < -0.4 is 10.2 Å². The lowest BCUT2D eigenvalue weighted by Gasteiger charge is -2.26. The van der Waals surface area contributed by atoms with Crippen molar-refractivity contribution < 1.29 is 9.84 Å². The van der Waals surface area contributed by atoms with Crippen molar-refractivity contribution in [2.45, 2.75) is 19.9 Å². The zero-order valence-corrected chi connectivity index (χ0v) is 13.9. The molecule has 0 aliphatic rings. The van der Waals surface area contributed by atoms with Crippen LogP contribution in [0.5, 0.6) is 0 Å². The average molecular weight is 345 g/mol. The van der Waals surface area contributed by atoms with Crippen molar-refractivity contribution in [2.75, 3.05) is 44.9 Å². The van der Waals surface area contributed by atoms with Gasteiger partial charge in [0.15, 0.2) is 0 Å². The number of halogens is 1. The number of nitrogens with zero attached hydrogens (tertiary/aromatic N) is 1. The Labute approximate surface area is 130 Å². The van der Waals surface area contributed by atoms with Crippen molar-refractivity contribution >= 4 is 21.6 Å². The summed E-state index contributed by atoms with van der Waals surface area (Å²) in [6.07, 6.45) is 1.12. The molecule has 0 saturated carbocycles. The fourth-order valence-corrected chi connectivity index (χ4v) is 2.49. The van der Waals surface area contributed by atoms with E-state index in [2.05, 4.69) is 45.2 Å². The van der Waals surface area contributed by atoms with Crippen LogP contribution in [0, 0.1) is 0 Å². The summed E-state index contributed by atoms with van der Waals surface area (Å²) in [4.78, 5) is 2.17. The molecular formula is C15H25BrN2O2. The second-order valence-electron chi connectivity index (χ2n) is 4.65. The maximum Gasteiger partial charge on any atom is 0.0637 e. The van der Waals surface area contributed by atoms with Crippen molar-refractivity contribution in [3.05, 3.63) is 28.2 Å². The number of ether oxygens (including phenoxy) is 1. The molecule has 0 amide bonds. The van der Waals surface area contributed by atoms with Crippen LogP contribution in [0.4, 0.5) is 5.69 Å². The largest absolute Gasteiger partial charge is 0.395 e. The van der Waals surface area contributed by atoms with Crippen LogP contribution in [0.15, 0.2) is 22.7 Å². The fraction of sp³-hybridized carbons (Fsp3) is 0.600. The molecule has 0 bridgehead atoms. The van der Waals surface area contributed by atoms with Crippen molar-refractivity contribution in [2.24, 2.45) is 0 Å². The van der Waals surface area contributed by atoms with Crippen LogP contribution >= 0.6 is 15.9 Å². The highest BCUT2D eigenvalue weighted by Gasteiger charge is 2.11. The highest BCUT2D eigenvalue weighted by Crippen LogP contribution is 2.24. The van der Waals surface area contributed by atoms with Crippen LogP contribution in [0.2, 0.25) is 0 Å². The Morgan fingerprint density at radius 3 is 2.80 bits per heavy atom. The Bertz CT molecular complexity index is 388. The second kappa shape index (κ2) is 10.2. The summed E-state index contributed by atoms with van der Waals surface area (Å²) in [5.41, 5.74) is 2.39. The summed E-state index contributed by atoms with van der Waals surface area (Å²) in [7, 11) is 1.70. The number of aliphatic hydroxyl groups excluding tert-OH is 1.